The number of hydrogen-bond donors (Lipinski definition) is 2. The van der Waals surface area contributed by atoms with Crippen molar-refractivity contribution >= 4 is 23.6 Å². The summed E-state index contributed by atoms with van der Waals surface area (Å²) in [6, 6.07) is 7.39. The van der Waals surface area contributed by atoms with Gasteiger partial charge in [0.15, 0.2) is 0 Å². The molecule has 0 saturated heterocycles. The van der Waals surface area contributed by atoms with E-state index in [1.807, 2.05) is 38.1 Å². The molecule has 0 aromatic heterocycles. The maximum Gasteiger partial charge on any atom is 0.326 e. The summed E-state index contributed by atoms with van der Waals surface area (Å²) in [5.41, 5.74) is 2.37. The van der Waals surface area contributed by atoms with Crippen LogP contribution >= 0.6 is 11.8 Å². The minimum Gasteiger partial charge on any atom is -0.480 e. The van der Waals surface area contributed by atoms with Gasteiger partial charge in [-0.3, -0.25) is 4.79 Å². The number of benzene rings is 1. The summed E-state index contributed by atoms with van der Waals surface area (Å²) in [5.74, 6) is -0.160. The summed E-state index contributed by atoms with van der Waals surface area (Å²) in [4.78, 5) is 22.6. The Hall–Kier alpha value is -1.49. The monoisotopic (exact) mass is 295 g/mol. The molecule has 1 amide bonds. The highest BCUT2D eigenvalue weighted by atomic mass is 32.2. The molecule has 2 N–H and O–H groups in total. The summed E-state index contributed by atoms with van der Waals surface area (Å²) in [6.07, 6.45) is 1.19. The highest BCUT2D eigenvalue weighted by molar-refractivity contribution is 7.99. The number of carbonyl (C=O) groups is 2. The van der Waals surface area contributed by atoms with Crippen molar-refractivity contribution < 1.29 is 14.7 Å². The van der Waals surface area contributed by atoms with Gasteiger partial charge in [-0.15, -0.1) is 11.8 Å². The van der Waals surface area contributed by atoms with Crippen LogP contribution in [-0.4, -0.2) is 28.8 Å². The Morgan fingerprint density at radius 3 is 2.50 bits per heavy atom. The van der Waals surface area contributed by atoms with Gasteiger partial charge in [0.2, 0.25) is 5.91 Å². The zero-order valence-corrected chi connectivity index (χ0v) is 12.7. The van der Waals surface area contributed by atoms with Gasteiger partial charge in [-0.05, 0) is 18.9 Å². The molecule has 0 aliphatic heterocycles. The van der Waals surface area contributed by atoms with Gasteiger partial charge in [0.1, 0.15) is 6.04 Å². The number of carbonyl (C=O) groups excluding carboxylic acids is 1. The number of aliphatic carboxylic acids is 1. The summed E-state index contributed by atoms with van der Waals surface area (Å²) in [6.45, 7) is 3.93. The fourth-order valence-corrected chi connectivity index (χ4v) is 2.53. The molecule has 0 aliphatic carbocycles. The van der Waals surface area contributed by atoms with Crippen LogP contribution in [0, 0.1) is 6.92 Å². The third kappa shape index (κ3) is 6.10. The van der Waals surface area contributed by atoms with Gasteiger partial charge in [0.25, 0.3) is 0 Å². The summed E-state index contributed by atoms with van der Waals surface area (Å²) >= 11 is 1.49. The minimum absolute atomic E-state index is 0.219. The van der Waals surface area contributed by atoms with Crippen molar-refractivity contribution in [2.45, 2.75) is 38.5 Å². The van der Waals surface area contributed by atoms with E-state index in [-0.39, 0.29) is 11.7 Å². The van der Waals surface area contributed by atoms with Crippen LogP contribution in [0.5, 0.6) is 0 Å². The molecule has 0 heterocycles. The third-order valence-corrected chi connectivity index (χ3v) is 3.84. The Labute approximate surface area is 124 Å². The van der Waals surface area contributed by atoms with Crippen LogP contribution < -0.4 is 5.32 Å². The molecule has 0 aliphatic rings. The standard InChI is InChI=1S/C15H21NO3S/c1-3-4-13(15(18)19)16-14(17)10-20-9-12-7-5-11(2)6-8-12/h5-8,13H,3-4,9-10H2,1-2H3,(H,16,17)(H,18,19)/t13-/m0/s1. The molecule has 0 radical (unpaired) electrons. The third-order valence-electron chi connectivity index (χ3n) is 2.83. The number of hydrogen-bond acceptors (Lipinski definition) is 3. The molecule has 1 rings (SSSR count). The fourth-order valence-electron chi connectivity index (χ4n) is 1.73. The first-order valence-corrected chi connectivity index (χ1v) is 7.84. The molecule has 20 heavy (non-hydrogen) atoms. The number of thioether (sulfide) groups is 1. The number of carboxylic acid groups (broad SMARTS) is 1. The maximum atomic E-state index is 11.7. The van der Waals surface area contributed by atoms with Crippen LogP contribution in [0.25, 0.3) is 0 Å². The zero-order chi connectivity index (χ0) is 15.0. The number of rotatable bonds is 8. The average molecular weight is 295 g/mol. The molecule has 4 nitrogen and oxygen atoms in total. The maximum absolute atomic E-state index is 11.7. The number of aryl methyl sites for hydroxylation is 1. The molecule has 0 unspecified atom stereocenters. The zero-order valence-electron chi connectivity index (χ0n) is 11.9. The summed E-state index contributed by atoms with van der Waals surface area (Å²) < 4.78 is 0. The van der Waals surface area contributed by atoms with Crippen LogP contribution in [-0.2, 0) is 15.3 Å². The Morgan fingerprint density at radius 2 is 1.95 bits per heavy atom. The van der Waals surface area contributed by atoms with E-state index in [1.54, 1.807) is 0 Å². The van der Waals surface area contributed by atoms with E-state index in [9.17, 15) is 9.59 Å². The minimum atomic E-state index is -0.969. The van der Waals surface area contributed by atoms with Crippen LogP contribution in [0.4, 0.5) is 0 Å². The molecule has 1 aromatic carbocycles. The Kier molecular flexibility index (Phi) is 7.15. The number of amides is 1. The average Bonchev–Trinajstić information content (AvgIpc) is 2.40. The molecule has 5 heteroatoms. The van der Waals surface area contributed by atoms with E-state index >= 15 is 0 Å². The van der Waals surface area contributed by atoms with Gasteiger partial charge in [-0.1, -0.05) is 43.2 Å². The van der Waals surface area contributed by atoms with E-state index in [0.29, 0.717) is 6.42 Å². The highest BCUT2D eigenvalue weighted by Gasteiger charge is 2.18. The van der Waals surface area contributed by atoms with Crippen molar-refractivity contribution in [3.63, 3.8) is 0 Å². The Bertz CT molecular complexity index is 445. The van der Waals surface area contributed by atoms with E-state index in [1.165, 1.54) is 17.3 Å². The van der Waals surface area contributed by atoms with Crippen molar-refractivity contribution in [1.29, 1.82) is 0 Å². The lowest BCUT2D eigenvalue weighted by Gasteiger charge is -2.13. The largest absolute Gasteiger partial charge is 0.480 e. The smallest absolute Gasteiger partial charge is 0.326 e. The SMILES string of the molecule is CCC[C@H](NC(=O)CSCc1ccc(C)cc1)C(=O)O. The van der Waals surface area contributed by atoms with E-state index in [2.05, 4.69) is 5.32 Å². The Balaban J connectivity index is 2.32. The van der Waals surface area contributed by atoms with Gasteiger partial charge >= 0.3 is 5.97 Å². The highest BCUT2D eigenvalue weighted by Crippen LogP contribution is 2.12. The van der Waals surface area contributed by atoms with Crippen LogP contribution in [0.15, 0.2) is 24.3 Å². The predicted molar refractivity (Wildman–Crippen MR) is 81.8 cm³/mol. The lowest BCUT2D eigenvalue weighted by molar-refractivity contribution is -0.141. The van der Waals surface area contributed by atoms with Crippen molar-refractivity contribution in [1.82, 2.24) is 5.32 Å². The van der Waals surface area contributed by atoms with E-state index in [0.717, 1.165) is 17.7 Å². The number of carboxylic acids is 1. The summed E-state index contributed by atoms with van der Waals surface area (Å²) in [5, 5.41) is 11.5. The molecule has 1 aromatic rings. The molecule has 0 bridgehead atoms. The van der Waals surface area contributed by atoms with Crippen LogP contribution in [0.2, 0.25) is 0 Å². The van der Waals surface area contributed by atoms with Crippen molar-refractivity contribution in [2.24, 2.45) is 0 Å². The van der Waals surface area contributed by atoms with Gasteiger partial charge in [0.05, 0.1) is 5.75 Å². The van der Waals surface area contributed by atoms with E-state index in [4.69, 9.17) is 5.11 Å². The molecular formula is C15H21NO3S. The second-order valence-electron chi connectivity index (χ2n) is 4.73. The molecule has 0 fully saturated rings. The number of nitrogens with one attached hydrogen (secondary N) is 1. The quantitative estimate of drug-likeness (QED) is 0.773. The van der Waals surface area contributed by atoms with E-state index < -0.39 is 12.0 Å². The Morgan fingerprint density at radius 1 is 1.30 bits per heavy atom. The van der Waals surface area contributed by atoms with Gasteiger partial charge in [-0.25, -0.2) is 4.79 Å². The first-order chi connectivity index (χ1) is 9.52. The normalized spacial score (nSPS) is 11.9. The summed E-state index contributed by atoms with van der Waals surface area (Å²) in [7, 11) is 0. The first-order valence-electron chi connectivity index (χ1n) is 6.68. The molecule has 110 valence electrons. The van der Waals surface area contributed by atoms with Gasteiger partial charge in [-0.2, -0.15) is 0 Å². The van der Waals surface area contributed by atoms with Crippen molar-refractivity contribution in [2.75, 3.05) is 5.75 Å². The van der Waals surface area contributed by atoms with Crippen molar-refractivity contribution in [3.8, 4) is 0 Å². The fraction of sp³-hybridized carbons (Fsp3) is 0.467. The second-order valence-corrected chi connectivity index (χ2v) is 5.71. The molecule has 0 saturated carbocycles. The van der Waals surface area contributed by atoms with Gasteiger partial charge in [0, 0.05) is 5.75 Å². The molecular weight excluding hydrogens is 274 g/mol. The van der Waals surface area contributed by atoms with Crippen molar-refractivity contribution in [3.05, 3.63) is 35.4 Å². The lowest BCUT2D eigenvalue weighted by Crippen LogP contribution is -2.41. The molecule has 0 spiro atoms. The second kappa shape index (κ2) is 8.64. The predicted octanol–water partition coefficient (Wildman–Crippen LogP) is 2.60. The van der Waals surface area contributed by atoms with Crippen LogP contribution in [0.1, 0.15) is 30.9 Å². The molecule has 1 atom stereocenters. The topological polar surface area (TPSA) is 66.4 Å². The van der Waals surface area contributed by atoms with Gasteiger partial charge < -0.3 is 10.4 Å². The first kappa shape index (κ1) is 16.6. The lowest BCUT2D eigenvalue weighted by atomic mass is 10.2. The van der Waals surface area contributed by atoms with Crippen LogP contribution in [0.3, 0.4) is 0 Å².